The molecule has 1 heterocycles. The minimum atomic E-state index is -4.54. The maximum Gasteiger partial charge on any atom is 0.416 e. The summed E-state index contributed by atoms with van der Waals surface area (Å²) in [4.78, 5) is 12.5. The predicted octanol–water partition coefficient (Wildman–Crippen LogP) is 3.33. The normalized spacial score (nSPS) is 17.4. The Morgan fingerprint density at radius 3 is 2.21 bits per heavy atom. The molecule has 0 saturated carbocycles. The van der Waals surface area contributed by atoms with Crippen LogP contribution in [0.2, 0.25) is 0 Å². The zero-order valence-electron chi connectivity index (χ0n) is 15.1. The van der Waals surface area contributed by atoms with Gasteiger partial charge in [0.2, 0.25) is 17.4 Å². The highest BCUT2D eigenvalue weighted by molar-refractivity contribution is 7.86. The lowest BCUT2D eigenvalue weighted by Crippen LogP contribution is -2.16. The highest BCUT2D eigenvalue weighted by atomic mass is 32.2. The standard InChI is InChI=1S/C19H16F3NO5S/c1-11-2-6-13(7-3-11)16-15(24)17(18(23)27-16)28-29(25,26)10-12-4-8-14(9-5-12)19(20,21)22/h2-9,16H,10,23H2,1H3. The zero-order chi connectivity index (χ0) is 21.4. The summed E-state index contributed by atoms with van der Waals surface area (Å²) in [6.07, 6.45) is -5.67. The lowest BCUT2D eigenvalue weighted by atomic mass is 10.0. The summed E-state index contributed by atoms with van der Waals surface area (Å²) in [5.41, 5.74) is 6.19. The van der Waals surface area contributed by atoms with E-state index in [4.69, 9.17) is 14.7 Å². The van der Waals surface area contributed by atoms with E-state index in [1.54, 1.807) is 24.3 Å². The molecule has 0 aliphatic carbocycles. The fourth-order valence-corrected chi connectivity index (χ4v) is 3.75. The van der Waals surface area contributed by atoms with E-state index in [0.29, 0.717) is 5.56 Å². The van der Waals surface area contributed by atoms with Gasteiger partial charge in [0.25, 0.3) is 0 Å². The summed E-state index contributed by atoms with van der Waals surface area (Å²) in [7, 11) is -4.36. The number of ether oxygens (including phenoxy) is 1. The van der Waals surface area contributed by atoms with Gasteiger partial charge < -0.3 is 14.7 Å². The summed E-state index contributed by atoms with van der Waals surface area (Å²) in [6, 6.07) is 10.3. The Morgan fingerprint density at radius 1 is 1.07 bits per heavy atom. The number of Topliss-reactive ketones (excluding diaryl/α,β-unsaturated/α-hetero) is 1. The van der Waals surface area contributed by atoms with E-state index in [0.717, 1.165) is 29.8 Å². The number of nitrogens with two attached hydrogens (primary N) is 1. The third-order valence-corrected chi connectivity index (χ3v) is 5.25. The van der Waals surface area contributed by atoms with Crippen LogP contribution in [-0.4, -0.2) is 14.2 Å². The third kappa shape index (κ3) is 4.70. The SMILES string of the molecule is Cc1ccc(C2OC(N)=C(OS(=O)(=O)Cc3ccc(C(F)(F)F)cc3)C2=O)cc1. The summed E-state index contributed by atoms with van der Waals surface area (Å²) in [6.45, 7) is 1.86. The van der Waals surface area contributed by atoms with Gasteiger partial charge in [-0.3, -0.25) is 4.79 Å². The van der Waals surface area contributed by atoms with Crippen molar-refractivity contribution in [2.45, 2.75) is 25.0 Å². The van der Waals surface area contributed by atoms with Gasteiger partial charge in [0.15, 0.2) is 6.10 Å². The highest BCUT2D eigenvalue weighted by Gasteiger charge is 2.39. The van der Waals surface area contributed by atoms with Gasteiger partial charge in [-0.2, -0.15) is 21.6 Å². The largest absolute Gasteiger partial charge is 0.460 e. The molecule has 154 valence electrons. The van der Waals surface area contributed by atoms with Crippen LogP contribution in [0.3, 0.4) is 0 Å². The number of benzene rings is 2. The average Bonchev–Trinajstić information content (AvgIpc) is 2.89. The molecular weight excluding hydrogens is 411 g/mol. The Morgan fingerprint density at radius 2 is 1.66 bits per heavy atom. The molecule has 0 amide bonds. The molecule has 0 spiro atoms. The van der Waals surface area contributed by atoms with Gasteiger partial charge in [0.1, 0.15) is 5.75 Å². The Kier molecular flexibility index (Phi) is 5.31. The second kappa shape index (κ2) is 7.43. The summed E-state index contributed by atoms with van der Waals surface area (Å²) in [5.74, 6) is -2.63. The fourth-order valence-electron chi connectivity index (χ4n) is 2.67. The Balaban J connectivity index is 1.73. The van der Waals surface area contributed by atoms with Crippen LogP contribution >= 0.6 is 0 Å². The summed E-state index contributed by atoms with van der Waals surface area (Å²) in [5, 5.41) is 0. The summed E-state index contributed by atoms with van der Waals surface area (Å²) >= 11 is 0. The molecule has 0 radical (unpaired) electrons. The molecule has 0 saturated heterocycles. The van der Waals surface area contributed by atoms with E-state index in [-0.39, 0.29) is 5.56 Å². The first-order valence-corrected chi connectivity index (χ1v) is 9.89. The van der Waals surface area contributed by atoms with E-state index >= 15 is 0 Å². The van der Waals surface area contributed by atoms with Gasteiger partial charge >= 0.3 is 16.3 Å². The molecule has 2 N–H and O–H groups in total. The van der Waals surface area contributed by atoms with Gasteiger partial charge in [-0.15, -0.1) is 0 Å². The lowest BCUT2D eigenvalue weighted by Gasteiger charge is -2.10. The number of halogens is 3. The second-order valence-corrected chi connectivity index (χ2v) is 8.02. The minimum Gasteiger partial charge on any atom is -0.460 e. The molecule has 2 aromatic carbocycles. The van der Waals surface area contributed by atoms with Crippen LogP contribution in [0, 0.1) is 6.92 Å². The second-order valence-electron chi connectivity index (χ2n) is 6.45. The Labute approximate surface area is 164 Å². The number of carbonyl (C=O) groups excluding carboxylic acids is 1. The van der Waals surface area contributed by atoms with Crippen molar-refractivity contribution in [3.8, 4) is 0 Å². The molecule has 1 aliphatic rings. The van der Waals surface area contributed by atoms with Gasteiger partial charge in [-0.1, -0.05) is 42.0 Å². The molecule has 2 aromatic rings. The van der Waals surface area contributed by atoms with Crippen molar-refractivity contribution in [1.82, 2.24) is 0 Å². The molecule has 1 aliphatic heterocycles. The molecular formula is C19H16F3NO5S. The van der Waals surface area contributed by atoms with Crippen molar-refractivity contribution in [2.24, 2.45) is 5.73 Å². The van der Waals surface area contributed by atoms with Crippen LogP contribution in [0.4, 0.5) is 13.2 Å². The zero-order valence-corrected chi connectivity index (χ0v) is 15.9. The van der Waals surface area contributed by atoms with Crippen molar-refractivity contribution >= 4 is 15.9 Å². The molecule has 0 bridgehead atoms. The molecule has 6 nitrogen and oxygen atoms in total. The first-order chi connectivity index (χ1) is 13.5. The van der Waals surface area contributed by atoms with E-state index < -0.39 is 51.1 Å². The molecule has 0 aromatic heterocycles. The van der Waals surface area contributed by atoms with Gasteiger partial charge in [0, 0.05) is 5.56 Å². The molecule has 29 heavy (non-hydrogen) atoms. The highest BCUT2D eigenvalue weighted by Crippen LogP contribution is 2.33. The van der Waals surface area contributed by atoms with Crippen LogP contribution in [0.5, 0.6) is 0 Å². The number of aryl methyl sites for hydroxylation is 1. The topological polar surface area (TPSA) is 95.7 Å². The van der Waals surface area contributed by atoms with Gasteiger partial charge in [-0.25, -0.2) is 0 Å². The van der Waals surface area contributed by atoms with Crippen molar-refractivity contribution in [1.29, 1.82) is 0 Å². The average molecular weight is 427 g/mol. The predicted molar refractivity (Wildman–Crippen MR) is 96.4 cm³/mol. The number of ketones is 1. The number of hydrogen-bond acceptors (Lipinski definition) is 6. The van der Waals surface area contributed by atoms with Gasteiger partial charge in [-0.05, 0) is 24.6 Å². The van der Waals surface area contributed by atoms with Crippen molar-refractivity contribution in [3.05, 3.63) is 82.4 Å². The van der Waals surface area contributed by atoms with Crippen molar-refractivity contribution in [2.75, 3.05) is 0 Å². The van der Waals surface area contributed by atoms with Crippen LogP contribution in [0.15, 0.2) is 60.2 Å². The van der Waals surface area contributed by atoms with E-state index in [2.05, 4.69) is 0 Å². The van der Waals surface area contributed by atoms with Crippen LogP contribution in [0.1, 0.15) is 28.4 Å². The van der Waals surface area contributed by atoms with E-state index in [1.807, 2.05) is 6.92 Å². The third-order valence-electron chi connectivity index (χ3n) is 4.15. The van der Waals surface area contributed by atoms with Crippen molar-refractivity contribution < 1.29 is 35.3 Å². The maximum atomic E-state index is 12.6. The molecule has 0 fully saturated rings. The maximum absolute atomic E-state index is 12.6. The molecule has 10 heteroatoms. The number of rotatable bonds is 5. The van der Waals surface area contributed by atoms with Crippen LogP contribution in [-0.2, 0) is 35.8 Å². The number of hydrogen-bond donors (Lipinski definition) is 1. The van der Waals surface area contributed by atoms with Crippen LogP contribution < -0.4 is 5.73 Å². The smallest absolute Gasteiger partial charge is 0.416 e. The molecule has 1 atom stereocenters. The Bertz CT molecular complexity index is 1060. The Hall–Kier alpha value is -3.01. The number of alkyl halides is 3. The van der Waals surface area contributed by atoms with Crippen LogP contribution in [0.25, 0.3) is 0 Å². The quantitative estimate of drug-likeness (QED) is 0.736. The first kappa shape index (κ1) is 20.7. The van der Waals surface area contributed by atoms with Gasteiger partial charge in [0.05, 0.1) is 5.56 Å². The molecule has 1 unspecified atom stereocenters. The monoisotopic (exact) mass is 427 g/mol. The fraction of sp³-hybridized carbons (Fsp3) is 0.211. The van der Waals surface area contributed by atoms with E-state index in [1.165, 1.54) is 0 Å². The molecule has 3 rings (SSSR count). The number of carbonyl (C=O) groups is 1. The van der Waals surface area contributed by atoms with E-state index in [9.17, 15) is 26.4 Å². The lowest BCUT2D eigenvalue weighted by molar-refractivity contribution is -0.137. The summed E-state index contributed by atoms with van der Waals surface area (Å²) < 4.78 is 72.4. The minimum absolute atomic E-state index is 0.0543. The van der Waals surface area contributed by atoms with Crippen molar-refractivity contribution in [3.63, 3.8) is 0 Å². The first-order valence-electron chi connectivity index (χ1n) is 8.32.